The molecule has 1 spiro atoms. The number of sulfonamides is 1. The van der Waals surface area contributed by atoms with Crippen molar-refractivity contribution in [3.8, 4) is 5.75 Å². The molecule has 38 heavy (non-hydrogen) atoms. The van der Waals surface area contributed by atoms with Gasteiger partial charge in [-0.1, -0.05) is 36.2 Å². The zero-order valence-corrected chi connectivity index (χ0v) is 23.1. The number of likely N-dealkylation sites (tertiary alicyclic amines) is 1. The quantitative estimate of drug-likeness (QED) is 0.590. The highest BCUT2D eigenvalue weighted by atomic mass is 32.2. The maximum atomic E-state index is 13.3. The molecule has 2 amide bonds. The second-order valence-electron chi connectivity index (χ2n) is 10.2. The summed E-state index contributed by atoms with van der Waals surface area (Å²) in [5, 5.41) is 6.76. The predicted octanol–water partition coefficient (Wildman–Crippen LogP) is 2.88. The van der Waals surface area contributed by atoms with Crippen LogP contribution >= 0.6 is 0 Å². The molecule has 11 heteroatoms. The molecule has 0 unspecified atom stereocenters. The van der Waals surface area contributed by atoms with E-state index in [9.17, 15) is 18.0 Å². The number of carbonyl (C=O) groups is 2. The Kier molecular flexibility index (Phi) is 9.09. The van der Waals surface area contributed by atoms with Crippen LogP contribution in [-0.4, -0.2) is 63.1 Å². The van der Waals surface area contributed by atoms with Gasteiger partial charge in [-0.05, 0) is 57.6 Å². The van der Waals surface area contributed by atoms with E-state index in [0.29, 0.717) is 39.1 Å². The van der Waals surface area contributed by atoms with Crippen LogP contribution in [-0.2, 0) is 26.0 Å². The molecule has 1 aromatic carbocycles. The molecule has 0 atom stereocenters. The van der Waals surface area contributed by atoms with Gasteiger partial charge < -0.3 is 19.5 Å². The number of amides is 2. The standard InChI is InChI=1S/C27H38N4O6S/c1-20-25(21(2)37-30-20)38(34,35)29-15-11-24(32)31-17-13-27(14-18-31)12-7-3-4-8-22-9-5-6-10-23(22)36-19-16-28-26(27)33/h5-6,9-10,29H,3-4,7-8,11-19H2,1-2H3,(H,28,33). The number of para-hydroxylation sites is 1. The van der Waals surface area contributed by atoms with Crippen LogP contribution in [0.25, 0.3) is 0 Å². The number of nitrogens with one attached hydrogen (secondary N) is 2. The summed E-state index contributed by atoms with van der Waals surface area (Å²) >= 11 is 0. The van der Waals surface area contributed by atoms with Crippen molar-refractivity contribution in [3.63, 3.8) is 0 Å². The highest BCUT2D eigenvalue weighted by Gasteiger charge is 2.41. The van der Waals surface area contributed by atoms with Gasteiger partial charge in [0.25, 0.3) is 0 Å². The normalized spacial score (nSPS) is 18.9. The molecule has 0 aliphatic carbocycles. The molecule has 208 valence electrons. The number of carbonyl (C=O) groups excluding carboxylic acids is 2. The van der Waals surface area contributed by atoms with Gasteiger partial charge in [-0.3, -0.25) is 9.59 Å². The summed E-state index contributed by atoms with van der Waals surface area (Å²) in [7, 11) is -3.81. The first-order valence-corrected chi connectivity index (χ1v) is 14.9. The minimum absolute atomic E-state index is 0.0170. The number of ether oxygens (including phenoxy) is 1. The first kappa shape index (κ1) is 28.1. The number of hydrogen-bond donors (Lipinski definition) is 2. The number of fused-ring (bicyclic) bond motifs is 1. The SMILES string of the molecule is Cc1noc(C)c1S(=O)(=O)NCCC(=O)N1CCC2(CCCCCc3ccccc3OCCNC2=O)CC1. The average molecular weight is 547 g/mol. The summed E-state index contributed by atoms with van der Waals surface area (Å²) in [5.74, 6) is 1.01. The number of nitrogens with zero attached hydrogens (tertiary/aromatic N) is 2. The first-order chi connectivity index (χ1) is 18.2. The molecule has 1 aromatic heterocycles. The summed E-state index contributed by atoms with van der Waals surface area (Å²) in [5.41, 5.74) is 0.987. The van der Waals surface area contributed by atoms with Crippen molar-refractivity contribution in [2.45, 2.75) is 70.1 Å². The van der Waals surface area contributed by atoms with Crippen molar-refractivity contribution in [3.05, 3.63) is 41.3 Å². The number of hydrogen-bond acceptors (Lipinski definition) is 7. The molecular formula is C27H38N4O6S. The van der Waals surface area contributed by atoms with Gasteiger partial charge in [0.15, 0.2) is 5.76 Å². The van der Waals surface area contributed by atoms with Crippen LogP contribution in [0.5, 0.6) is 5.75 Å². The molecule has 1 fully saturated rings. The van der Waals surface area contributed by atoms with E-state index >= 15 is 0 Å². The fraction of sp³-hybridized carbons (Fsp3) is 0.593. The van der Waals surface area contributed by atoms with E-state index in [1.807, 2.05) is 18.2 Å². The van der Waals surface area contributed by atoms with Crippen LogP contribution in [0.4, 0.5) is 0 Å². The molecule has 1 saturated heterocycles. The number of piperidine rings is 1. The van der Waals surface area contributed by atoms with E-state index < -0.39 is 15.4 Å². The number of aromatic nitrogens is 1. The summed E-state index contributed by atoms with van der Waals surface area (Å²) in [6.45, 7) is 4.88. The van der Waals surface area contributed by atoms with E-state index in [-0.39, 0.29) is 41.1 Å². The van der Waals surface area contributed by atoms with Crippen LogP contribution in [0, 0.1) is 19.3 Å². The monoisotopic (exact) mass is 546 g/mol. The van der Waals surface area contributed by atoms with Crippen LogP contribution in [0.3, 0.4) is 0 Å². The predicted molar refractivity (Wildman–Crippen MR) is 141 cm³/mol. The lowest BCUT2D eigenvalue weighted by atomic mass is 9.73. The molecule has 3 heterocycles. The van der Waals surface area contributed by atoms with Crippen molar-refractivity contribution in [1.82, 2.24) is 20.1 Å². The molecule has 2 aliphatic heterocycles. The van der Waals surface area contributed by atoms with Crippen LogP contribution in [0.1, 0.15) is 62.0 Å². The third-order valence-electron chi connectivity index (χ3n) is 7.64. The molecule has 0 saturated carbocycles. The smallest absolute Gasteiger partial charge is 0.245 e. The Morgan fingerprint density at radius 2 is 1.89 bits per heavy atom. The van der Waals surface area contributed by atoms with Gasteiger partial charge in [0.2, 0.25) is 21.8 Å². The Hall–Kier alpha value is -2.92. The summed E-state index contributed by atoms with van der Waals surface area (Å²) in [4.78, 5) is 27.9. The van der Waals surface area contributed by atoms with Gasteiger partial charge in [0.1, 0.15) is 22.9 Å². The molecular weight excluding hydrogens is 508 g/mol. The lowest BCUT2D eigenvalue weighted by Gasteiger charge is -2.41. The van der Waals surface area contributed by atoms with Crippen LogP contribution in [0.15, 0.2) is 33.7 Å². The summed E-state index contributed by atoms with van der Waals surface area (Å²) < 4.78 is 38.5. The molecule has 0 bridgehead atoms. The van der Waals surface area contributed by atoms with Crippen molar-refractivity contribution in [1.29, 1.82) is 0 Å². The Labute approximate surface area is 224 Å². The summed E-state index contributed by atoms with van der Waals surface area (Å²) in [6, 6.07) is 8.07. The highest BCUT2D eigenvalue weighted by Crippen LogP contribution is 2.37. The number of benzene rings is 1. The Bertz CT molecular complexity index is 1210. The molecule has 2 aliphatic rings. The lowest BCUT2D eigenvalue weighted by molar-refractivity contribution is -0.141. The van der Waals surface area contributed by atoms with Crippen molar-refractivity contribution < 1.29 is 27.3 Å². The second kappa shape index (κ2) is 12.3. The van der Waals surface area contributed by atoms with Gasteiger partial charge in [0.05, 0.1) is 12.0 Å². The molecule has 10 nitrogen and oxygen atoms in total. The van der Waals surface area contributed by atoms with Crippen molar-refractivity contribution >= 4 is 21.8 Å². The van der Waals surface area contributed by atoms with Gasteiger partial charge in [-0.25, -0.2) is 13.1 Å². The maximum absolute atomic E-state index is 13.3. The van der Waals surface area contributed by atoms with E-state index in [1.54, 1.807) is 11.8 Å². The lowest BCUT2D eigenvalue weighted by Crippen LogP contribution is -2.51. The molecule has 2 aromatic rings. The minimum Gasteiger partial charge on any atom is -0.491 e. The largest absolute Gasteiger partial charge is 0.491 e. The van der Waals surface area contributed by atoms with Crippen LogP contribution in [0.2, 0.25) is 0 Å². The van der Waals surface area contributed by atoms with Gasteiger partial charge in [-0.15, -0.1) is 0 Å². The third kappa shape index (κ3) is 6.55. The molecule has 0 radical (unpaired) electrons. The first-order valence-electron chi connectivity index (χ1n) is 13.4. The van der Waals surface area contributed by atoms with Gasteiger partial charge in [0, 0.05) is 26.1 Å². The van der Waals surface area contributed by atoms with Crippen LogP contribution < -0.4 is 14.8 Å². The van der Waals surface area contributed by atoms with Crippen molar-refractivity contribution in [2.75, 3.05) is 32.8 Å². The number of rotatable bonds is 5. The Morgan fingerprint density at radius 1 is 1.13 bits per heavy atom. The Balaban J connectivity index is 1.29. The minimum atomic E-state index is -3.81. The Morgan fingerprint density at radius 3 is 2.63 bits per heavy atom. The summed E-state index contributed by atoms with van der Waals surface area (Å²) in [6.07, 6.45) is 5.98. The zero-order valence-electron chi connectivity index (χ0n) is 22.3. The highest BCUT2D eigenvalue weighted by molar-refractivity contribution is 7.89. The van der Waals surface area contributed by atoms with E-state index in [4.69, 9.17) is 9.26 Å². The number of aryl methyl sites for hydroxylation is 3. The molecule has 4 rings (SSSR count). The van der Waals surface area contributed by atoms with E-state index in [0.717, 1.165) is 37.9 Å². The van der Waals surface area contributed by atoms with Gasteiger partial charge in [-0.2, -0.15) is 0 Å². The molecule has 2 N–H and O–H groups in total. The third-order valence-corrected chi connectivity index (χ3v) is 9.35. The zero-order chi connectivity index (χ0) is 27.2. The van der Waals surface area contributed by atoms with E-state index in [2.05, 4.69) is 21.3 Å². The maximum Gasteiger partial charge on any atom is 0.245 e. The van der Waals surface area contributed by atoms with E-state index in [1.165, 1.54) is 12.5 Å². The second-order valence-corrected chi connectivity index (χ2v) is 11.9. The van der Waals surface area contributed by atoms with Gasteiger partial charge >= 0.3 is 0 Å². The van der Waals surface area contributed by atoms with Crippen molar-refractivity contribution in [2.24, 2.45) is 5.41 Å². The fourth-order valence-electron chi connectivity index (χ4n) is 5.48. The topological polar surface area (TPSA) is 131 Å². The average Bonchev–Trinajstić information content (AvgIpc) is 3.25. The fourth-order valence-corrected chi connectivity index (χ4v) is 6.83.